The fraction of sp³-hybridized carbons (Fsp3) is 0.929. The minimum absolute atomic E-state index is 0.167. The van der Waals surface area contributed by atoms with Gasteiger partial charge in [0.1, 0.15) is 0 Å². The number of hydrogen-bond donors (Lipinski definition) is 2. The quantitative estimate of drug-likeness (QED) is 0.595. The summed E-state index contributed by atoms with van der Waals surface area (Å²) < 4.78 is 22.9. The molecule has 118 valence electrons. The molecule has 1 aliphatic rings. The molecule has 0 saturated carbocycles. The summed E-state index contributed by atoms with van der Waals surface area (Å²) in [6.07, 6.45) is 0.737. The summed E-state index contributed by atoms with van der Waals surface area (Å²) in [5, 5.41) is 6.68. The molecule has 0 spiro atoms. The molecule has 6 heteroatoms. The fourth-order valence-electron chi connectivity index (χ4n) is 2.03. The first kappa shape index (κ1) is 17.3. The molecule has 0 aromatic rings. The van der Waals surface area contributed by atoms with Crippen molar-refractivity contribution < 1.29 is 8.42 Å². The van der Waals surface area contributed by atoms with Gasteiger partial charge in [0, 0.05) is 18.6 Å². The maximum Gasteiger partial charge on any atom is 0.191 e. The molecule has 0 bridgehead atoms. The van der Waals surface area contributed by atoms with Crippen molar-refractivity contribution in [3.05, 3.63) is 0 Å². The Bertz CT molecular complexity index is 430. The van der Waals surface area contributed by atoms with Gasteiger partial charge < -0.3 is 10.6 Å². The number of sulfone groups is 1. The minimum Gasteiger partial charge on any atom is -0.354 e. The summed E-state index contributed by atoms with van der Waals surface area (Å²) in [4.78, 5) is 4.56. The Labute approximate surface area is 123 Å². The Morgan fingerprint density at radius 2 is 1.85 bits per heavy atom. The van der Waals surface area contributed by atoms with Gasteiger partial charge in [-0.1, -0.05) is 13.8 Å². The molecule has 1 aliphatic heterocycles. The molecule has 2 unspecified atom stereocenters. The van der Waals surface area contributed by atoms with Gasteiger partial charge in [-0.2, -0.15) is 0 Å². The third kappa shape index (κ3) is 6.11. The molecule has 0 aliphatic carbocycles. The predicted octanol–water partition coefficient (Wildman–Crippen LogP) is 1.41. The largest absolute Gasteiger partial charge is 0.354 e. The van der Waals surface area contributed by atoms with Crippen LogP contribution in [0, 0.1) is 11.8 Å². The molecule has 1 heterocycles. The molecular weight excluding hydrogens is 274 g/mol. The molecule has 0 aromatic heterocycles. The number of aliphatic imine (C=N–C) groups is 1. The van der Waals surface area contributed by atoms with Gasteiger partial charge in [0.15, 0.2) is 15.8 Å². The van der Waals surface area contributed by atoms with Crippen LogP contribution < -0.4 is 10.6 Å². The van der Waals surface area contributed by atoms with Crippen LogP contribution in [-0.4, -0.2) is 44.5 Å². The Morgan fingerprint density at radius 1 is 1.20 bits per heavy atom. The van der Waals surface area contributed by atoms with Gasteiger partial charge >= 0.3 is 0 Å². The fourth-order valence-corrected chi connectivity index (χ4v) is 3.87. The molecule has 0 amide bonds. The topological polar surface area (TPSA) is 70.6 Å². The molecule has 2 atom stereocenters. The summed E-state index contributed by atoms with van der Waals surface area (Å²) in [6, 6.07) is 0.625. The Balaban J connectivity index is 2.60. The van der Waals surface area contributed by atoms with Crippen molar-refractivity contribution in [1.82, 2.24) is 10.6 Å². The van der Waals surface area contributed by atoms with Crippen LogP contribution in [0.3, 0.4) is 0 Å². The van der Waals surface area contributed by atoms with Crippen molar-refractivity contribution in [3.8, 4) is 0 Å². The first-order valence-electron chi connectivity index (χ1n) is 7.47. The average molecular weight is 303 g/mol. The zero-order valence-electron chi connectivity index (χ0n) is 13.3. The van der Waals surface area contributed by atoms with Crippen molar-refractivity contribution in [2.24, 2.45) is 16.8 Å². The second kappa shape index (κ2) is 7.29. The van der Waals surface area contributed by atoms with Crippen LogP contribution in [0.2, 0.25) is 0 Å². The van der Waals surface area contributed by atoms with Crippen LogP contribution in [-0.2, 0) is 9.84 Å². The van der Waals surface area contributed by atoms with Gasteiger partial charge in [0.2, 0.25) is 0 Å². The van der Waals surface area contributed by atoms with E-state index in [0.717, 1.165) is 12.4 Å². The van der Waals surface area contributed by atoms with E-state index in [1.165, 1.54) is 0 Å². The Hall–Kier alpha value is -0.780. The third-order valence-electron chi connectivity index (χ3n) is 3.62. The molecule has 5 nitrogen and oxygen atoms in total. The van der Waals surface area contributed by atoms with Gasteiger partial charge in [-0.05, 0) is 39.0 Å². The van der Waals surface area contributed by atoms with Crippen LogP contribution in [0.25, 0.3) is 0 Å². The second-order valence-corrected chi connectivity index (χ2v) is 8.66. The van der Waals surface area contributed by atoms with Crippen LogP contribution in [0.1, 0.15) is 41.0 Å². The highest BCUT2D eigenvalue weighted by Crippen LogP contribution is 2.18. The normalized spacial score (nSPS) is 24.1. The summed E-state index contributed by atoms with van der Waals surface area (Å²) in [6.45, 7) is 11.2. The van der Waals surface area contributed by atoms with Crippen molar-refractivity contribution in [3.63, 3.8) is 0 Å². The monoisotopic (exact) mass is 303 g/mol. The van der Waals surface area contributed by atoms with Crippen molar-refractivity contribution in [1.29, 1.82) is 0 Å². The first-order valence-corrected chi connectivity index (χ1v) is 9.29. The molecule has 1 rings (SSSR count). The highest BCUT2D eigenvalue weighted by Gasteiger charge is 2.27. The van der Waals surface area contributed by atoms with Crippen LogP contribution >= 0.6 is 0 Å². The maximum absolute atomic E-state index is 11.5. The molecule has 0 radical (unpaired) electrons. The lowest BCUT2D eigenvalue weighted by Gasteiger charge is -2.22. The number of nitrogens with zero attached hydrogens (tertiary/aromatic N) is 1. The van der Waals surface area contributed by atoms with Gasteiger partial charge in [0.05, 0.1) is 11.5 Å². The van der Waals surface area contributed by atoms with E-state index in [-0.39, 0.29) is 11.7 Å². The highest BCUT2D eigenvalue weighted by atomic mass is 32.2. The van der Waals surface area contributed by atoms with E-state index in [4.69, 9.17) is 0 Å². The van der Waals surface area contributed by atoms with E-state index in [2.05, 4.69) is 50.2 Å². The lowest BCUT2D eigenvalue weighted by molar-refractivity contribution is 0.476. The summed E-state index contributed by atoms with van der Waals surface area (Å²) in [5.41, 5.74) is 0. The third-order valence-corrected chi connectivity index (χ3v) is 5.46. The average Bonchev–Trinajstić information content (AvgIpc) is 2.65. The van der Waals surface area contributed by atoms with Crippen LogP contribution in [0.15, 0.2) is 4.99 Å². The van der Waals surface area contributed by atoms with Gasteiger partial charge in [-0.25, -0.2) is 8.42 Å². The van der Waals surface area contributed by atoms with Gasteiger partial charge in [-0.15, -0.1) is 0 Å². The molecular formula is C14H29N3O2S. The van der Waals surface area contributed by atoms with E-state index < -0.39 is 9.84 Å². The zero-order valence-corrected chi connectivity index (χ0v) is 14.1. The number of hydrogen-bond acceptors (Lipinski definition) is 3. The van der Waals surface area contributed by atoms with Crippen LogP contribution in [0.4, 0.5) is 0 Å². The molecule has 2 N–H and O–H groups in total. The van der Waals surface area contributed by atoms with Gasteiger partial charge in [-0.3, -0.25) is 4.99 Å². The smallest absolute Gasteiger partial charge is 0.191 e. The summed E-state index contributed by atoms with van der Waals surface area (Å²) in [7, 11) is -2.81. The first-order chi connectivity index (χ1) is 9.19. The van der Waals surface area contributed by atoms with E-state index in [9.17, 15) is 8.42 Å². The SMILES string of the molecule is CC(C)NC(=NCC1CCS(=O)(=O)C1)NC(C)C(C)C. The minimum atomic E-state index is -2.81. The van der Waals surface area contributed by atoms with E-state index >= 15 is 0 Å². The predicted molar refractivity (Wildman–Crippen MR) is 84.8 cm³/mol. The number of guanidine groups is 1. The lowest BCUT2D eigenvalue weighted by Crippen LogP contribution is -2.46. The zero-order chi connectivity index (χ0) is 15.3. The van der Waals surface area contributed by atoms with Crippen molar-refractivity contribution >= 4 is 15.8 Å². The molecule has 1 fully saturated rings. The van der Waals surface area contributed by atoms with Gasteiger partial charge in [0.25, 0.3) is 0 Å². The maximum atomic E-state index is 11.5. The standard InChI is InChI=1S/C14H29N3O2S/c1-10(2)12(5)17-14(16-11(3)4)15-8-13-6-7-20(18,19)9-13/h10-13H,6-9H2,1-5H3,(H2,15,16,17). The number of nitrogens with one attached hydrogen (secondary N) is 2. The Morgan fingerprint density at radius 3 is 2.30 bits per heavy atom. The van der Waals surface area contributed by atoms with E-state index in [1.54, 1.807) is 0 Å². The summed E-state index contributed by atoms with van der Waals surface area (Å²) >= 11 is 0. The van der Waals surface area contributed by atoms with E-state index in [0.29, 0.717) is 30.3 Å². The summed E-state index contributed by atoms with van der Waals surface area (Å²) in [5.74, 6) is 2.06. The van der Waals surface area contributed by atoms with Crippen LogP contribution in [0.5, 0.6) is 0 Å². The van der Waals surface area contributed by atoms with Crippen molar-refractivity contribution in [2.45, 2.75) is 53.1 Å². The molecule has 20 heavy (non-hydrogen) atoms. The molecule has 0 aromatic carbocycles. The molecule has 1 saturated heterocycles. The van der Waals surface area contributed by atoms with E-state index in [1.807, 2.05) is 0 Å². The lowest BCUT2D eigenvalue weighted by atomic mass is 10.1. The van der Waals surface area contributed by atoms with Crippen molar-refractivity contribution in [2.75, 3.05) is 18.1 Å². The Kier molecular flexibility index (Phi) is 6.30. The second-order valence-electron chi connectivity index (χ2n) is 6.43. The highest BCUT2D eigenvalue weighted by molar-refractivity contribution is 7.91. The number of rotatable bonds is 5.